The molecule has 0 spiro atoms. The molecule has 0 bridgehead atoms. The van der Waals surface area contributed by atoms with Crippen molar-refractivity contribution in [3.8, 4) is 0 Å². The van der Waals surface area contributed by atoms with Gasteiger partial charge in [-0.25, -0.2) is 4.98 Å². The molecule has 0 unspecified atom stereocenters. The zero-order chi connectivity index (χ0) is 15.4. The van der Waals surface area contributed by atoms with Gasteiger partial charge in [0, 0.05) is 22.7 Å². The van der Waals surface area contributed by atoms with Gasteiger partial charge in [0.25, 0.3) is 0 Å². The van der Waals surface area contributed by atoms with E-state index in [4.69, 9.17) is 4.42 Å². The zero-order valence-corrected chi connectivity index (χ0v) is 12.8. The van der Waals surface area contributed by atoms with Gasteiger partial charge in [-0.3, -0.25) is 4.79 Å². The third-order valence-corrected chi connectivity index (χ3v) is 3.79. The molecule has 3 aromatic rings. The number of oxazole rings is 1. The number of carbonyl (C=O) groups excluding carboxylic acids is 1. The molecular formula is C17H14N2O2S. The topological polar surface area (TPSA) is 55.1 Å². The number of anilines is 1. The number of amides is 1. The lowest BCUT2D eigenvalue weighted by atomic mass is 10.3. The number of hydrogen-bond acceptors (Lipinski definition) is 4. The van der Waals surface area contributed by atoms with Gasteiger partial charge in [-0.15, -0.1) is 11.8 Å². The van der Waals surface area contributed by atoms with E-state index >= 15 is 0 Å². The van der Waals surface area contributed by atoms with Gasteiger partial charge in [0.15, 0.2) is 5.58 Å². The Morgan fingerprint density at radius 2 is 1.95 bits per heavy atom. The summed E-state index contributed by atoms with van der Waals surface area (Å²) < 4.78 is 5.52. The molecule has 5 heteroatoms. The van der Waals surface area contributed by atoms with Crippen LogP contribution in [0.1, 0.15) is 5.89 Å². The van der Waals surface area contributed by atoms with Crippen molar-refractivity contribution in [2.24, 2.45) is 0 Å². The van der Waals surface area contributed by atoms with Crippen LogP contribution in [0.15, 0.2) is 63.9 Å². The summed E-state index contributed by atoms with van der Waals surface area (Å²) in [6.45, 7) is 0. The van der Waals surface area contributed by atoms with Crippen LogP contribution in [0.2, 0.25) is 0 Å². The van der Waals surface area contributed by atoms with Gasteiger partial charge in [0.05, 0.1) is 0 Å². The number of aromatic nitrogens is 1. The van der Waals surface area contributed by atoms with E-state index in [-0.39, 0.29) is 5.91 Å². The van der Waals surface area contributed by atoms with E-state index in [0.717, 1.165) is 16.1 Å². The molecule has 0 aliphatic heterocycles. The quantitative estimate of drug-likeness (QED) is 0.579. The third kappa shape index (κ3) is 3.38. The second kappa shape index (κ2) is 6.49. The summed E-state index contributed by atoms with van der Waals surface area (Å²) in [6.07, 6.45) is 4.98. The molecule has 0 radical (unpaired) electrons. The lowest BCUT2D eigenvalue weighted by Crippen LogP contribution is -2.07. The Kier molecular flexibility index (Phi) is 4.25. The van der Waals surface area contributed by atoms with Crippen molar-refractivity contribution in [1.29, 1.82) is 0 Å². The minimum atomic E-state index is -0.223. The predicted octanol–water partition coefficient (Wildman–Crippen LogP) is 4.20. The summed E-state index contributed by atoms with van der Waals surface area (Å²) in [7, 11) is 0. The Morgan fingerprint density at radius 1 is 1.18 bits per heavy atom. The zero-order valence-electron chi connectivity index (χ0n) is 11.9. The summed E-state index contributed by atoms with van der Waals surface area (Å²) in [6, 6.07) is 15.1. The number of thioether (sulfide) groups is 1. The Morgan fingerprint density at radius 3 is 2.68 bits per heavy atom. The average molecular weight is 310 g/mol. The first-order chi connectivity index (χ1) is 10.7. The smallest absolute Gasteiger partial charge is 0.248 e. The van der Waals surface area contributed by atoms with Crippen molar-refractivity contribution in [1.82, 2.24) is 4.98 Å². The van der Waals surface area contributed by atoms with Crippen molar-refractivity contribution >= 4 is 40.5 Å². The fourth-order valence-electron chi connectivity index (χ4n) is 1.97. The van der Waals surface area contributed by atoms with Crippen molar-refractivity contribution in [3.63, 3.8) is 0 Å². The SMILES string of the molecule is CSc1ccc(NC(=O)/C=C/c2nc3ccccc3o2)cc1. The highest BCUT2D eigenvalue weighted by atomic mass is 32.2. The second-order valence-corrected chi connectivity index (χ2v) is 5.45. The van der Waals surface area contributed by atoms with E-state index in [0.29, 0.717) is 11.5 Å². The number of benzene rings is 2. The van der Waals surface area contributed by atoms with E-state index < -0.39 is 0 Å². The summed E-state index contributed by atoms with van der Waals surface area (Å²) in [5.41, 5.74) is 2.23. The number of rotatable bonds is 4. The second-order valence-electron chi connectivity index (χ2n) is 4.57. The molecule has 4 nitrogen and oxygen atoms in total. The molecule has 0 fully saturated rings. The van der Waals surface area contributed by atoms with Crippen LogP contribution in [0.25, 0.3) is 17.2 Å². The first-order valence-electron chi connectivity index (χ1n) is 6.73. The average Bonchev–Trinajstić information content (AvgIpc) is 2.96. The van der Waals surface area contributed by atoms with Crippen molar-refractivity contribution < 1.29 is 9.21 Å². The molecule has 0 aliphatic carbocycles. The van der Waals surface area contributed by atoms with Crippen LogP contribution in [0.5, 0.6) is 0 Å². The third-order valence-electron chi connectivity index (χ3n) is 3.05. The van der Waals surface area contributed by atoms with Gasteiger partial charge in [-0.05, 0) is 42.7 Å². The van der Waals surface area contributed by atoms with Gasteiger partial charge < -0.3 is 9.73 Å². The molecule has 1 amide bonds. The van der Waals surface area contributed by atoms with E-state index in [1.165, 1.54) is 6.08 Å². The molecule has 0 saturated heterocycles. The maximum atomic E-state index is 11.9. The number of para-hydroxylation sites is 2. The minimum Gasteiger partial charge on any atom is -0.437 e. The van der Waals surface area contributed by atoms with Gasteiger partial charge in [-0.1, -0.05) is 12.1 Å². The Bertz CT molecular complexity index is 789. The first-order valence-corrected chi connectivity index (χ1v) is 7.96. The van der Waals surface area contributed by atoms with Gasteiger partial charge >= 0.3 is 0 Å². The molecule has 110 valence electrons. The van der Waals surface area contributed by atoms with Crippen LogP contribution in [-0.2, 0) is 4.79 Å². The molecule has 0 aliphatic rings. The molecule has 2 aromatic carbocycles. The highest BCUT2D eigenvalue weighted by molar-refractivity contribution is 7.98. The number of hydrogen-bond donors (Lipinski definition) is 1. The molecule has 0 atom stereocenters. The monoisotopic (exact) mass is 310 g/mol. The number of nitrogens with one attached hydrogen (secondary N) is 1. The summed E-state index contributed by atoms with van der Waals surface area (Å²) in [5, 5.41) is 2.79. The molecule has 1 aromatic heterocycles. The fraction of sp³-hybridized carbons (Fsp3) is 0.0588. The molecule has 1 heterocycles. The number of fused-ring (bicyclic) bond motifs is 1. The molecule has 1 N–H and O–H groups in total. The van der Waals surface area contributed by atoms with Gasteiger partial charge in [0.1, 0.15) is 5.52 Å². The molecule has 22 heavy (non-hydrogen) atoms. The normalized spacial score (nSPS) is 11.1. The van der Waals surface area contributed by atoms with E-state index in [9.17, 15) is 4.79 Å². The Labute approximate surface area is 132 Å². The lowest BCUT2D eigenvalue weighted by molar-refractivity contribution is -0.111. The number of nitrogens with zero attached hydrogens (tertiary/aromatic N) is 1. The Balaban J connectivity index is 1.67. The standard InChI is InChI=1S/C17H14N2O2S/c1-22-13-8-6-12(7-9-13)18-16(20)10-11-17-19-14-4-2-3-5-15(14)21-17/h2-11H,1H3,(H,18,20)/b11-10+. The van der Waals surface area contributed by atoms with Crippen LogP contribution in [0, 0.1) is 0 Å². The van der Waals surface area contributed by atoms with Crippen LogP contribution in [-0.4, -0.2) is 17.1 Å². The van der Waals surface area contributed by atoms with Crippen LogP contribution < -0.4 is 5.32 Å². The van der Waals surface area contributed by atoms with Crippen molar-refractivity contribution in [2.75, 3.05) is 11.6 Å². The lowest BCUT2D eigenvalue weighted by Gasteiger charge is -2.02. The number of carbonyl (C=O) groups is 1. The van der Waals surface area contributed by atoms with Crippen LogP contribution in [0.4, 0.5) is 5.69 Å². The van der Waals surface area contributed by atoms with E-state index in [2.05, 4.69) is 10.3 Å². The van der Waals surface area contributed by atoms with E-state index in [1.807, 2.05) is 54.8 Å². The summed E-state index contributed by atoms with van der Waals surface area (Å²) in [5.74, 6) is 0.188. The molecule has 0 saturated carbocycles. The van der Waals surface area contributed by atoms with Gasteiger partial charge in [0.2, 0.25) is 11.8 Å². The fourth-order valence-corrected chi connectivity index (χ4v) is 2.37. The van der Waals surface area contributed by atoms with Crippen LogP contribution >= 0.6 is 11.8 Å². The van der Waals surface area contributed by atoms with Crippen molar-refractivity contribution in [3.05, 3.63) is 60.5 Å². The highest BCUT2D eigenvalue weighted by Crippen LogP contribution is 2.18. The highest BCUT2D eigenvalue weighted by Gasteiger charge is 2.03. The summed E-state index contributed by atoms with van der Waals surface area (Å²) >= 11 is 1.66. The van der Waals surface area contributed by atoms with Crippen LogP contribution in [0.3, 0.4) is 0 Å². The summed E-state index contributed by atoms with van der Waals surface area (Å²) in [4.78, 5) is 17.3. The Hall–Kier alpha value is -2.53. The largest absolute Gasteiger partial charge is 0.437 e. The minimum absolute atomic E-state index is 0.223. The van der Waals surface area contributed by atoms with E-state index in [1.54, 1.807) is 17.8 Å². The molecular weight excluding hydrogens is 296 g/mol. The maximum Gasteiger partial charge on any atom is 0.248 e. The van der Waals surface area contributed by atoms with Gasteiger partial charge in [-0.2, -0.15) is 0 Å². The molecule has 3 rings (SSSR count). The predicted molar refractivity (Wildman–Crippen MR) is 89.9 cm³/mol. The van der Waals surface area contributed by atoms with Crippen molar-refractivity contribution in [2.45, 2.75) is 4.90 Å². The maximum absolute atomic E-state index is 11.9. The first kappa shape index (κ1) is 14.4.